The first-order valence-corrected chi connectivity index (χ1v) is 4.58. The largest absolute Gasteiger partial charge is 0.597 e. The Bertz CT molecular complexity index is 232. The molecule has 6 nitrogen and oxygen atoms in total. The average Bonchev–Trinajstić information content (AvgIpc) is 2.04. The minimum atomic E-state index is -3.38. The molecule has 0 aliphatic rings. The van der Waals surface area contributed by atoms with Gasteiger partial charge in [0, 0.05) is 6.92 Å². The van der Waals surface area contributed by atoms with Crippen molar-refractivity contribution in [3.63, 3.8) is 0 Å². The molecule has 0 amide bonds. The van der Waals surface area contributed by atoms with E-state index in [-0.39, 0.29) is 5.45 Å². The number of nitrogens with one attached hydrogen (secondary N) is 1. The van der Waals surface area contributed by atoms with Gasteiger partial charge in [0.05, 0.1) is 19.8 Å². The van der Waals surface area contributed by atoms with Crippen LogP contribution in [0.3, 0.4) is 0 Å². The second-order valence-corrected chi connectivity index (χ2v) is 4.07. The molecule has 0 aromatic carbocycles. The molecule has 0 unspecified atom stereocenters. The zero-order chi connectivity index (χ0) is 9.78. The van der Waals surface area contributed by atoms with Gasteiger partial charge < -0.3 is 0 Å². The highest BCUT2D eigenvalue weighted by Crippen LogP contribution is 2.56. The summed E-state index contributed by atoms with van der Waals surface area (Å²) in [6.07, 6.45) is 0. The van der Waals surface area contributed by atoms with Crippen LogP contribution in [0.5, 0.6) is 0 Å². The maximum absolute atomic E-state index is 10.8. The van der Waals surface area contributed by atoms with Crippen molar-refractivity contribution in [2.75, 3.05) is 14.2 Å². The van der Waals surface area contributed by atoms with Gasteiger partial charge in [-0.3, -0.25) is 4.79 Å². The Hall–Kier alpha value is -0.640. The molecule has 0 aromatic heterocycles. The zero-order valence-electron chi connectivity index (χ0n) is 7.07. The third kappa shape index (κ3) is 2.17. The average molecular weight is 194 g/mol. The lowest BCUT2D eigenvalue weighted by Gasteiger charge is -2.03. The number of rotatable bonds is 4. The molecule has 12 heavy (non-hydrogen) atoms. The fourth-order valence-corrected chi connectivity index (χ4v) is 1.61. The van der Waals surface area contributed by atoms with E-state index in [0.29, 0.717) is 0 Å². The van der Waals surface area contributed by atoms with E-state index in [0.717, 1.165) is 0 Å². The predicted octanol–water partition coefficient (Wildman–Crippen LogP) is 0.261. The fourth-order valence-electron chi connectivity index (χ4n) is 0.588. The second kappa shape index (κ2) is 4.40. The van der Waals surface area contributed by atoms with Crippen molar-refractivity contribution in [1.29, 1.82) is 5.53 Å². The van der Waals surface area contributed by atoms with E-state index in [2.05, 4.69) is 13.8 Å². The van der Waals surface area contributed by atoms with Gasteiger partial charge in [0.15, 0.2) is 0 Å². The van der Waals surface area contributed by atoms with Crippen molar-refractivity contribution in [2.45, 2.75) is 6.92 Å². The monoisotopic (exact) mass is 194 g/mol. The van der Waals surface area contributed by atoms with Gasteiger partial charge in [0.25, 0.3) is 5.78 Å². The molecule has 0 atom stereocenters. The minimum Gasteiger partial charge on any atom is -0.282 e. The van der Waals surface area contributed by atoms with Gasteiger partial charge in [-0.15, -0.1) is 0 Å². The van der Waals surface area contributed by atoms with Crippen molar-refractivity contribution >= 4 is 19.2 Å². The Labute approximate surface area is 70.3 Å². The molecule has 0 spiro atoms. The predicted molar refractivity (Wildman–Crippen MR) is 41.8 cm³/mol. The maximum Gasteiger partial charge on any atom is 0.597 e. The van der Waals surface area contributed by atoms with Crippen molar-refractivity contribution in [1.82, 2.24) is 0 Å². The van der Waals surface area contributed by atoms with Gasteiger partial charge >= 0.3 is 13.4 Å². The van der Waals surface area contributed by atoms with Crippen LogP contribution < -0.4 is 0 Å². The number of hydrogen-bond acceptors (Lipinski definition) is 5. The highest BCUT2D eigenvalue weighted by molar-refractivity contribution is 7.80. The van der Waals surface area contributed by atoms with Gasteiger partial charge in [-0.05, 0) is 0 Å². The van der Waals surface area contributed by atoms with Crippen LogP contribution in [-0.2, 0) is 13.8 Å². The Morgan fingerprint density at radius 1 is 1.50 bits per heavy atom. The molecular formula is C5H11N2O4P+2. The molecule has 0 rings (SSSR count). The van der Waals surface area contributed by atoms with Crippen molar-refractivity contribution in [3.05, 3.63) is 0 Å². The zero-order valence-corrected chi connectivity index (χ0v) is 7.96. The van der Waals surface area contributed by atoms with Gasteiger partial charge in [-0.2, -0.15) is 13.9 Å². The maximum atomic E-state index is 10.8. The quantitative estimate of drug-likeness (QED) is 0.290. The molecular weight excluding hydrogens is 183 g/mol. The summed E-state index contributed by atoms with van der Waals surface area (Å²) in [6.45, 7) is 1.18. The van der Waals surface area contributed by atoms with Crippen molar-refractivity contribution in [2.24, 2.45) is 0 Å². The first-order chi connectivity index (χ1) is 5.51. The standard InChI is InChI=1S/C5H11N2O4P/c1-4(8)5(7-6)12(9,10-2)11-3/h6,9H,1-3H3/q+2. The van der Waals surface area contributed by atoms with E-state index in [1.54, 1.807) is 0 Å². The van der Waals surface area contributed by atoms with E-state index in [1.807, 2.05) is 0 Å². The van der Waals surface area contributed by atoms with Crippen LogP contribution in [-0.4, -0.2) is 35.1 Å². The van der Waals surface area contributed by atoms with E-state index in [1.165, 1.54) is 21.1 Å². The Morgan fingerprint density at radius 2 is 1.92 bits per heavy atom. The van der Waals surface area contributed by atoms with Crippen molar-refractivity contribution in [3.8, 4) is 0 Å². The molecule has 7 heteroatoms. The smallest absolute Gasteiger partial charge is 0.282 e. The summed E-state index contributed by atoms with van der Waals surface area (Å²) >= 11 is 0. The van der Waals surface area contributed by atoms with Crippen LogP contribution in [0.15, 0.2) is 0 Å². The first-order valence-electron chi connectivity index (χ1n) is 3.01. The van der Waals surface area contributed by atoms with Gasteiger partial charge in [0.2, 0.25) is 0 Å². The summed E-state index contributed by atoms with van der Waals surface area (Å²) in [4.78, 5) is 23.1. The molecule has 68 valence electrons. The Morgan fingerprint density at radius 3 is 2.00 bits per heavy atom. The summed E-state index contributed by atoms with van der Waals surface area (Å²) in [5.41, 5.74) is 6.25. The summed E-state index contributed by atoms with van der Waals surface area (Å²) in [5, 5.41) is 0. The molecule has 0 aromatic rings. The third-order valence-electron chi connectivity index (χ3n) is 1.18. The first kappa shape index (κ1) is 11.4. The summed E-state index contributed by atoms with van der Waals surface area (Å²) < 4.78 is 9.15. The molecule has 0 heterocycles. The highest BCUT2D eigenvalue weighted by atomic mass is 31.2. The lowest BCUT2D eigenvalue weighted by Crippen LogP contribution is -2.18. The molecule has 0 radical (unpaired) electrons. The van der Waals surface area contributed by atoms with E-state index in [9.17, 15) is 9.69 Å². The molecule has 0 saturated heterocycles. The van der Waals surface area contributed by atoms with Gasteiger partial charge in [-0.1, -0.05) is 0 Å². The van der Waals surface area contributed by atoms with Crippen LogP contribution in [0, 0.1) is 5.53 Å². The molecule has 0 aliphatic carbocycles. The highest BCUT2D eigenvalue weighted by Gasteiger charge is 2.59. The third-order valence-corrected chi connectivity index (χ3v) is 3.12. The fraction of sp³-hybridized carbons (Fsp3) is 0.600. The summed E-state index contributed by atoms with van der Waals surface area (Å²) in [6, 6.07) is 0. The normalized spacial score (nSPS) is 10.7. The van der Waals surface area contributed by atoms with Crippen LogP contribution in [0.25, 0.3) is 0 Å². The number of carbonyl (C=O) groups is 1. The minimum absolute atomic E-state index is 0.382. The van der Waals surface area contributed by atoms with Crippen LogP contribution in [0.4, 0.5) is 0 Å². The topological polar surface area (TPSA) is 93.7 Å². The van der Waals surface area contributed by atoms with E-state index < -0.39 is 13.7 Å². The number of hydrogen-bond donors (Lipinski definition) is 2. The summed E-state index contributed by atoms with van der Waals surface area (Å²) in [7, 11) is -1.01. The SMILES string of the molecule is CO[P+](O)(OC)C(=[N+]=N)C(C)=O. The molecule has 0 fully saturated rings. The van der Waals surface area contributed by atoms with Gasteiger partial charge in [-0.25, -0.2) is 0 Å². The van der Waals surface area contributed by atoms with Crippen molar-refractivity contribution < 1.29 is 23.5 Å². The molecule has 0 bridgehead atoms. The Balaban J connectivity index is 4.95. The number of nitrogens with zero attached hydrogens (tertiary/aromatic N) is 1. The number of Topliss-reactive ketones (excluding diaryl/α,β-unsaturated/α-hetero) is 1. The van der Waals surface area contributed by atoms with Crippen LogP contribution >= 0.6 is 7.94 Å². The van der Waals surface area contributed by atoms with Crippen LogP contribution in [0.2, 0.25) is 0 Å². The van der Waals surface area contributed by atoms with E-state index in [4.69, 9.17) is 5.53 Å². The van der Waals surface area contributed by atoms with Crippen LogP contribution in [0.1, 0.15) is 6.92 Å². The number of carbonyl (C=O) groups excluding carboxylic acids is 1. The second-order valence-electron chi connectivity index (χ2n) is 1.88. The number of ketones is 1. The Kier molecular flexibility index (Phi) is 4.17. The molecule has 0 saturated carbocycles. The molecule has 2 N–H and O–H groups in total. The van der Waals surface area contributed by atoms with E-state index >= 15 is 0 Å². The lowest BCUT2D eigenvalue weighted by atomic mass is 10.5. The van der Waals surface area contributed by atoms with Gasteiger partial charge in [0.1, 0.15) is 4.79 Å². The summed E-state index contributed by atoms with van der Waals surface area (Å²) in [5.74, 6) is -0.537. The lowest BCUT2D eigenvalue weighted by molar-refractivity contribution is -0.133. The molecule has 0 aliphatic heterocycles.